The number of halogens is 2. The summed E-state index contributed by atoms with van der Waals surface area (Å²) in [7, 11) is 0. The van der Waals surface area contributed by atoms with Crippen molar-refractivity contribution in [1.29, 1.82) is 0 Å². The standard InChI is InChI=1S/C10H11F2N/c1-2-9(13)7-3-5-8(6-4-7)10(11)12/h2-6,9-10H,1,13H2/t9-/m0/s1. The first-order valence-corrected chi connectivity index (χ1v) is 3.91. The van der Waals surface area contributed by atoms with E-state index in [1.165, 1.54) is 12.1 Å². The summed E-state index contributed by atoms with van der Waals surface area (Å²) in [5.41, 5.74) is 6.42. The van der Waals surface area contributed by atoms with E-state index in [0.29, 0.717) is 0 Å². The van der Waals surface area contributed by atoms with E-state index in [2.05, 4.69) is 6.58 Å². The maximum absolute atomic E-state index is 12.1. The lowest BCUT2D eigenvalue weighted by molar-refractivity contribution is 0.151. The van der Waals surface area contributed by atoms with Crippen molar-refractivity contribution in [2.45, 2.75) is 12.5 Å². The average molecular weight is 183 g/mol. The fourth-order valence-corrected chi connectivity index (χ4v) is 1.000. The van der Waals surface area contributed by atoms with Crippen LogP contribution in [-0.4, -0.2) is 0 Å². The summed E-state index contributed by atoms with van der Waals surface area (Å²) in [6.45, 7) is 3.52. The maximum atomic E-state index is 12.1. The quantitative estimate of drug-likeness (QED) is 0.716. The van der Waals surface area contributed by atoms with Crippen molar-refractivity contribution in [3.63, 3.8) is 0 Å². The van der Waals surface area contributed by atoms with Gasteiger partial charge >= 0.3 is 0 Å². The third kappa shape index (κ3) is 2.36. The third-order valence-corrected chi connectivity index (χ3v) is 1.83. The van der Waals surface area contributed by atoms with Crippen LogP contribution < -0.4 is 5.73 Å². The van der Waals surface area contributed by atoms with Gasteiger partial charge in [-0.3, -0.25) is 0 Å². The predicted molar refractivity (Wildman–Crippen MR) is 48.5 cm³/mol. The molecule has 0 saturated heterocycles. The minimum Gasteiger partial charge on any atom is -0.321 e. The zero-order valence-electron chi connectivity index (χ0n) is 7.08. The van der Waals surface area contributed by atoms with Crippen LogP contribution in [0.5, 0.6) is 0 Å². The molecule has 13 heavy (non-hydrogen) atoms. The number of alkyl halides is 2. The van der Waals surface area contributed by atoms with Gasteiger partial charge in [0.05, 0.1) is 0 Å². The average Bonchev–Trinajstić information content (AvgIpc) is 2.17. The van der Waals surface area contributed by atoms with Crippen molar-refractivity contribution in [2.75, 3.05) is 0 Å². The second-order valence-corrected chi connectivity index (χ2v) is 2.73. The Balaban J connectivity index is 2.87. The molecule has 0 saturated carbocycles. The molecule has 1 aromatic carbocycles. The molecule has 70 valence electrons. The molecule has 0 unspecified atom stereocenters. The smallest absolute Gasteiger partial charge is 0.263 e. The number of benzene rings is 1. The Bertz CT molecular complexity index is 279. The Kier molecular flexibility index (Phi) is 3.14. The fourth-order valence-electron chi connectivity index (χ4n) is 1.000. The Hall–Kier alpha value is -1.22. The molecule has 1 aromatic rings. The van der Waals surface area contributed by atoms with Gasteiger partial charge in [0.1, 0.15) is 0 Å². The first-order chi connectivity index (χ1) is 6.15. The molecule has 0 aliphatic heterocycles. The number of hydrogen-bond donors (Lipinski definition) is 1. The molecular formula is C10H11F2N. The highest BCUT2D eigenvalue weighted by Gasteiger charge is 2.07. The largest absolute Gasteiger partial charge is 0.321 e. The summed E-state index contributed by atoms with van der Waals surface area (Å²) in [6, 6.07) is 5.65. The minimum absolute atomic E-state index is 0.0139. The van der Waals surface area contributed by atoms with Gasteiger partial charge < -0.3 is 5.73 Å². The third-order valence-electron chi connectivity index (χ3n) is 1.83. The normalized spacial score (nSPS) is 12.9. The van der Waals surface area contributed by atoms with Crippen LogP contribution in [0.25, 0.3) is 0 Å². The lowest BCUT2D eigenvalue weighted by Crippen LogP contribution is -2.06. The first-order valence-electron chi connectivity index (χ1n) is 3.91. The van der Waals surface area contributed by atoms with Gasteiger partial charge in [-0.1, -0.05) is 30.3 Å². The van der Waals surface area contributed by atoms with E-state index in [9.17, 15) is 8.78 Å². The summed E-state index contributed by atoms with van der Waals surface area (Å²) in [6.07, 6.45) is -0.855. The van der Waals surface area contributed by atoms with Gasteiger partial charge in [0.2, 0.25) is 0 Å². The Morgan fingerprint density at radius 1 is 1.15 bits per heavy atom. The van der Waals surface area contributed by atoms with E-state index >= 15 is 0 Å². The van der Waals surface area contributed by atoms with Crippen LogP contribution in [0.4, 0.5) is 8.78 Å². The first kappa shape index (κ1) is 9.86. The van der Waals surface area contributed by atoms with Gasteiger partial charge in [-0.05, 0) is 5.56 Å². The highest BCUT2D eigenvalue weighted by molar-refractivity contribution is 5.27. The van der Waals surface area contributed by atoms with Gasteiger partial charge in [-0.25, -0.2) is 8.78 Å². The lowest BCUT2D eigenvalue weighted by atomic mass is 10.1. The van der Waals surface area contributed by atoms with E-state index in [1.54, 1.807) is 18.2 Å². The fraction of sp³-hybridized carbons (Fsp3) is 0.200. The number of hydrogen-bond acceptors (Lipinski definition) is 1. The summed E-state index contributed by atoms with van der Waals surface area (Å²) in [4.78, 5) is 0. The van der Waals surface area contributed by atoms with Crippen LogP contribution in [0.1, 0.15) is 23.6 Å². The molecule has 3 heteroatoms. The van der Waals surface area contributed by atoms with Crippen molar-refractivity contribution in [3.8, 4) is 0 Å². The molecule has 0 aliphatic carbocycles. The predicted octanol–water partition coefficient (Wildman–Crippen LogP) is 2.81. The second kappa shape index (κ2) is 4.14. The number of nitrogens with two attached hydrogens (primary N) is 1. The molecule has 0 heterocycles. The van der Waals surface area contributed by atoms with Crippen molar-refractivity contribution >= 4 is 0 Å². The van der Waals surface area contributed by atoms with Gasteiger partial charge in [0.15, 0.2) is 0 Å². The van der Waals surface area contributed by atoms with Gasteiger partial charge in [-0.2, -0.15) is 0 Å². The van der Waals surface area contributed by atoms with E-state index in [4.69, 9.17) is 5.73 Å². The van der Waals surface area contributed by atoms with Gasteiger partial charge in [-0.15, -0.1) is 6.58 Å². The summed E-state index contributed by atoms with van der Waals surface area (Å²) >= 11 is 0. The molecule has 0 radical (unpaired) electrons. The van der Waals surface area contributed by atoms with Crippen LogP contribution in [-0.2, 0) is 0 Å². The van der Waals surface area contributed by atoms with Crippen LogP contribution in [0.3, 0.4) is 0 Å². The Labute approximate surface area is 75.9 Å². The number of rotatable bonds is 3. The molecule has 0 spiro atoms. The van der Waals surface area contributed by atoms with Crippen molar-refractivity contribution in [1.82, 2.24) is 0 Å². The molecule has 0 fully saturated rings. The second-order valence-electron chi connectivity index (χ2n) is 2.73. The zero-order valence-corrected chi connectivity index (χ0v) is 7.08. The summed E-state index contributed by atoms with van der Waals surface area (Å²) in [5.74, 6) is 0. The molecule has 0 aliphatic rings. The zero-order chi connectivity index (χ0) is 9.84. The topological polar surface area (TPSA) is 26.0 Å². The lowest BCUT2D eigenvalue weighted by Gasteiger charge is -2.06. The maximum Gasteiger partial charge on any atom is 0.263 e. The van der Waals surface area contributed by atoms with Crippen molar-refractivity contribution < 1.29 is 8.78 Å². The van der Waals surface area contributed by atoms with Crippen LogP contribution >= 0.6 is 0 Å². The molecule has 1 atom stereocenters. The van der Waals surface area contributed by atoms with Gasteiger partial charge in [0, 0.05) is 11.6 Å². The summed E-state index contributed by atoms with van der Waals surface area (Å²) in [5, 5.41) is 0. The molecule has 0 amide bonds. The molecule has 0 aromatic heterocycles. The van der Waals surface area contributed by atoms with Crippen LogP contribution in [0, 0.1) is 0 Å². The molecular weight excluding hydrogens is 172 g/mol. The molecule has 2 N–H and O–H groups in total. The van der Waals surface area contributed by atoms with Crippen molar-refractivity contribution in [2.24, 2.45) is 5.73 Å². The van der Waals surface area contributed by atoms with Crippen LogP contribution in [0.15, 0.2) is 36.9 Å². The van der Waals surface area contributed by atoms with Crippen LogP contribution in [0.2, 0.25) is 0 Å². The van der Waals surface area contributed by atoms with E-state index in [-0.39, 0.29) is 11.6 Å². The highest BCUT2D eigenvalue weighted by Crippen LogP contribution is 2.20. The molecule has 1 rings (SSSR count). The highest BCUT2D eigenvalue weighted by atomic mass is 19.3. The minimum atomic E-state index is -2.42. The van der Waals surface area contributed by atoms with Crippen molar-refractivity contribution in [3.05, 3.63) is 48.0 Å². The summed E-state index contributed by atoms with van der Waals surface area (Å²) < 4.78 is 24.3. The van der Waals surface area contributed by atoms with E-state index in [1.807, 2.05) is 0 Å². The SMILES string of the molecule is C=C[C@H](N)c1ccc(C(F)F)cc1. The monoisotopic (exact) mass is 183 g/mol. The van der Waals surface area contributed by atoms with Gasteiger partial charge in [0.25, 0.3) is 6.43 Å². The molecule has 1 nitrogen and oxygen atoms in total. The Morgan fingerprint density at radius 2 is 1.62 bits per heavy atom. The Morgan fingerprint density at radius 3 is 2.00 bits per heavy atom. The molecule has 0 bridgehead atoms. The van der Waals surface area contributed by atoms with E-state index < -0.39 is 6.43 Å². The van der Waals surface area contributed by atoms with E-state index in [0.717, 1.165) is 5.56 Å².